The topological polar surface area (TPSA) is 44.4 Å². The lowest BCUT2D eigenvalue weighted by Crippen LogP contribution is -2.38. The minimum Gasteiger partial charge on any atom is -0.334 e. The third-order valence-corrected chi connectivity index (χ3v) is 5.50. The average Bonchev–Trinajstić information content (AvgIpc) is 2.98. The molecule has 2 N–H and O–H groups in total. The number of likely N-dealkylation sites (N-methyl/N-ethyl adjacent to an activating group) is 1. The maximum Gasteiger partial charge on any atom is 0.315 e. The van der Waals surface area contributed by atoms with Crippen LogP contribution in [0.4, 0.5) is 4.79 Å². The number of carbonyl (C=O) groups is 1. The molecule has 0 radical (unpaired) electrons. The second-order valence-electron chi connectivity index (χ2n) is 6.11. The normalized spacial score (nSPS) is 16.9. The van der Waals surface area contributed by atoms with Gasteiger partial charge in [0.25, 0.3) is 0 Å². The van der Waals surface area contributed by atoms with Crippen LogP contribution in [0.3, 0.4) is 0 Å². The summed E-state index contributed by atoms with van der Waals surface area (Å²) in [5.74, 6) is 0. The van der Waals surface area contributed by atoms with E-state index in [1.165, 1.54) is 20.5 Å². The van der Waals surface area contributed by atoms with Gasteiger partial charge >= 0.3 is 6.03 Å². The van der Waals surface area contributed by atoms with E-state index < -0.39 is 0 Å². The van der Waals surface area contributed by atoms with Crippen molar-refractivity contribution in [2.45, 2.75) is 19.4 Å². The fourth-order valence-corrected chi connectivity index (χ4v) is 3.77. The lowest BCUT2D eigenvalue weighted by molar-refractivity contribution is 0.238. The first kappa shape index (κ1) is 16.0. The Hall–Kier alpha value is -1.85. The smallest absolute Gasteiger partial charge is 0.315 e. The van der Waals surface area contributed by atoms with Crippen molar-refractivity contribution in [2.24, 2.45) is 0 Å². The largest absolute Gasteiger partial charge is 0.334 e. The van der Waals surface area contributed by atoms with Gasteiger partial charge in [0.1, 0.15) is 0 Å². The molecule has 2 amide bonds. The monoisotopic (exact) mass is 329 g/mol. The molecule has 0 saturated carbocycles. The summed E-state index contributed by atoms with van der Waals surface area (Å²) in [6.45, 7) is 4.70. The Balaban J connectivity index is 1.53. The minimum absolute atomic E-state index is 0.0128. The van der Waals surface area contributed by atoms with Crippen molar-refractivity contribution >= 4 is 27.5 Å². The summed E-state index contributed by atoms with van der Waals surface area (Å²) in [4.78, 5) is 15.5. The molecule has 1 aliphatic rings. The Morgan fingerprint density at radius 1 is 1.39 bits per heavy atom. The summed E-state index contributed by atoms with van der Waals surface area (Å²) in [6.07, 6.45) is 3.24. The molecule has 1 aliphatic heterocycles. The highest BCUT2D eigenvalue weighted by Crippen LogP contribution is 2.29. The number of hydrogen-bond donors (Lipinski definition) is 2. The Labute approximate surface area is 141 Å². The van der Waals surface area contributed by atoms with Crippen LogP contribution in [0, 0.1) is 0 Å². The number of nitrogens with one attached hydrogen (secondary N) is 2. The molecule has 2 aromatic rings. The van der Waals surface area contributed by atoms with E-state index in [0.717, 1.165) is 19.5 Å². The van der Waals surface area contributed by atoms with Gasteiger partial charge in [-0.05, 0) is 37.9 Å². The highest BCUT2D eigenvalue weighted by molar-refractivity contribution is 7.19. The number of nitrogens with zero attached hydrogens (tertiary/aromatic N) is 1. The van der Waals surface area contributed by atoms with E-state index in [0.29, 0.717) is 6.54 Å². The van der Waals surface area contributed by atoms with Crippen molar-refractivity contribution in [3.8, 4) is 0 Å². The Morgan fingerprint density at radius 2 is 2.22 bits per heavy atom. The molecule has 23 heavy (non-hydrogen) atoms. The number of fused-ring (bicyclic) bond motifs is 1. The molecule has 1 atom stereocenters. The van der Waals surface area contributed by atoms with E-state index >= 15 is 0 Å². The van der Waals surface area contributed by atoms with Crippen molar-refractivity contribution in [3.63, 3.8) is 0 Å². The number of amides is 2. The summed E-state index contributed by atoms with van der Waals surface area (Å²) in [6, 6.07) is 10.4. The molecule has 2 heterocycles. The van der Waals surface area contributed by atoms with Crippen LogP contribution < -0.4 is 10.6 Å². The second-order valence-corrected chi connectivity index (χ2v) is 7.23. The maximum absolute atomic E-state index is 12.1. The number of carbonyl (C=O) groups excluding carboxylic acids is 1. The SMILES string of the molecule is C[C@H](NC(=O)NCC1=CCN(C)CC1)c1cc2ccccc2s1. The molecule has 0 fully saturated rings. The highest BCUT2D eigenvalue weighted by Gasteiger charge is 2.13. The Kier molecular flexibility index (Phi) is 4.98. The lowest BCUT2D eigenvalue weighted by atomic mass is 10.1. The first-order valence-electron chi connectivity index (χ1n) is 8.01. The lowest BCUT2D eigenvalue weighted by Gasteiger charge is -2.22. The van der Waals surface area contributed by atoms with Gasteiger partial charge in [-0.2, -0.15) is 0 Å². The number of benzene rings is 1. The van der Waals surface area contributed by atoms with E-state index in [9.17, 15) is 4.79 Å². The minimum atomic E-state index is -0.102. The summed E-state index contributed by atoms with van der Waals surface area (Å²) >= 11 is 1.73. The van der Waals surface area contributed by atoms with Crippen LogP contribution in [0.5, 0.6) is 0 Å². The Morgan fingerprint density at radius 3 is 2.96 bits per heavy atom. The summed E-state index contributed by atoms with van der Waals surface area (Å²) in [5.41, 5.74) is 1.31. The Bertz CT molecular complexity index is 689. The third-order valence-electron chi connectivity index (χ3n) is 4.20. The fraction of sp³-hybridized carbons (Fsp3) is 0.389. The van der Waals surface area contributed by atoms with E-state index in [1.807, 2.05) is 19.1 Å². The quantitative estimate of drug-likeness (QED) is 0.843. The summed E-state index contributed by atoms with van der Waals surface area (Å²) in [7, 11) is 2.11. The van der Waals surface area contributed by atoms with Crippen LogP contribution in [0.25, 0.3) is 10.1 Å². The molecule has 0 saturated heterocycles. The molecule has 3 rings (SSSR count). The van der Waals surface area contributed by atoms with Gasteiger partial charge in [0, 0.05) is 29.2 Å². The number of hydrogen-bond acceptors (Lipinski definition) is 3. The summed E-state index contributed by atoms with van der Waals surface area (Å²) in [5, 5.41) is 7.23. The molecule has 4 nitrogen and oxygen atoms in total. The molecular weight excluding hydrogens is 306 g/mol. The molecule has 0 spiro atoms. The first-order chi connectivity index (χ1) is 11.1. The van der Waals surface area contributed by atoms with Crippen LogP contribution in [0.2, 0.25) is 0 Å². The number of thiophene rings is 1. The molecule has 122 valence electrons. The van der Waals surface area contributed by atoms with Gasteiger partial charge in [-0.1, -0.05) is 29.8 Å². The fourth-order valence-electron chi connectivity index (χ4n) is 2.70. The number of rotatable bonds is 4. The summed E-state index contributed by atoms with van der Waals surface area (Å²) < 4.78 is 1.26. The molecule has 0 aliphatic carbocycles. The van der Waals surface area contributed by atoms with E-state index in [2.05, 4.69) is 46.9 Å². The third kappa shape index (κ3) is 4.12. The second kappa shape index (κ2) is 7.15. The highest BCUT2D eigenvalue weighted by atomic mass is 32.1. The zero-order chi connectivity index (χ0) is 16.2. The van der Waals surface area contributed by atoms with E-state index in [-0.39, 0.29) is 12.1 Å². The van der Waals surface area contributed by atoms with Crippen LogP contribution in [-0.2, 0) is 0 Å². The van der Waals surface area contributed by atoms with E-state index in [4.69, 9.17) is 0 Å². The van der Waals surface area contributed by atoms with Crippen LogP contribution in [0.1, 0.15) is 24.3 Å². The van der Waals surface area contributed by atoms with Crippen molar-refractivity contribution in [2.75, 3.05) is 26.7 Å². The molecule has 1 aromatic heterocycles. The van der Waals surface area contributed by atoms with E-state index in [1.54, 1.807) is 11.3 Å². The van der Waals surface area contributed by atoms with Gasteiger partial charge in [0.05, 0.1) is 6.04 Å². The average molecular weight is 329 g/mol. The van der Waals surface area contributed by atoms with Gasteiger partial charge < -0.3 is 15.5 Å². The van der Waals surface area contributed by atoms with Gasteiger partial charge in [0.2, 0.25) is 0 Å². The standard InChI is InChI=1S/C18H23N3OS/c1-13(17-11-15-5-3-4-6-16(15)23-17)20-18(22)19-12-14-7-9-21(2)10-8-14/h3-7,11,13H,8-10,12H2,1-2H3,(H2,19,20,22)/t13-/m0/s1. The zero-order valence-electron chi connectivity index (χ0n) is 13.6. The molecule has 1 aromatic carbocycles. The van der Waals surface area contributed by atoms with Gasteiger partial charge in [0.15, 0.2) is 0 Å². The predicted octanol–water partition coefficient (Wildman–Crippen LogP) is 3.52. The number of urea groups is 1. The van der Waals surface area contributed by atoms with Gasteiger partial charge in [-0.15, -0.1) is 11.3 Å². The predicted molar refractivity (Wildman–Crippen MR) is 97.0 cm³/mol. The van der Waals surface area contributed by atoms with Crippen LogP contribution in [-0.4, -0.2) is 37.6 Å². The van der Waals surface area contributed by atoms with Crippen molar-refractivity contribution in [1.29, 1.82) is 0 Å². The first-order valence-corrected chi connectivity index (χ1v) is 8.83. The van der Waals surface area contributed by atoms with Crippen LogP contribution >= 0.6 is 11.3 Å². The van der Waals surface area contributed by atoms with Crippen molar-refractivity contribution in [1.82, 2.24) is 15.5 Å². The maximum atomic E-state index is 12.1. The van der Waals surface area contributed by atoms with Gasteiger partial charge in [-0.25, -0.2) is 4.79 Å². The molecule has 0 bridgehead atoms. The van der Waals surface area contributed by atoms with Crippen molar-refractivity contribution < 1.29 is 4.79 Å². The van der Waals surface area contributed by atoms with Crippen LogP contribution in [0.15, 0.2) is 42.0 Å². The molecule has 5 heteroatoms. The van der Waals surface area contributed by atoms with Crippen molar-refractivity contribution in [3.05, 3.63) is 46.9 Å². The molecule has 0 unspecified atom stereocenters. The molecular formula is C18H23N3OS. The zero-order valence-corrected chi connectivity index (χ0v) is 14.5. The van der Waals surface area contributed by atoms with Gasteiger partial charge in [-0.3, -0.25) is 0 Å².